The summed E-state index contributed by atoms with van der Waals surface area (Å²) in [6, 6.07) is 13.8. The summed E-state index contributed by atoms with van der Waals surface area (Å²) in [4.78, 5) is 0. The smallest absolute Gasteiger partial charge is 0.142 e. The largest absolute Gasteiger partial charge is 0.496 e. The Morgan fingerprint density at radius 2 is 1.70 bits per heavy atom. The van der Waals surface area contributed by atoms with Gasteiger partial charge in [0.2, 0.25) is 0 Å². The number of nitrogens with zero attached hydrogens (tertiary/aromatic N) is 1. The number of hydrogen-bond acceptors (Lipinski definition) is 1. The first-order valence-corrected chi connectivity index (χ1v) is 9.34. The molecule has 0 fully saturated rings. The Morgan fingerprint density at radius 1 is 0.926 bits per heavy atom. The monoisotopic (exact) mass is 379 g/mol. The second-order valence-electron chi connectivity index (χ2n) is 8.14. The lowest BCUT2D eigenvalue weighted by molar-refractivity contribution is 0.420. The minimum atomic E-state index is -0.399. The van der Waals surface area contributed by atoms with E-state index in [1.54, 1.807) is 13.2 Å². The Hall–Kier alpha value is -2.52. The van der Waals surface area contributed by atoms with Crippen LogP contribution in [0, 0.1) is 5.82 Å². The summed E-state index contributed by atoms with van der Waals surface area (Å²) in [5, 5.41) is 4.20. The zero-order valence-electron chi connectivity index (χ0n) is 15.7. The van der Waals surface area contributed by atoms with E-state index in [1.165, 1.54) is 11.6 Å². The molecule has 0 N–H and O–H groups in total. The third-order valence-corrected chi connectivity index (χ3v) is 5.82. The summed E-state index contributed by atoms with van der Waals surface area (Å²) in [6.07, 6.45) is 0. The zero-order valence-corrected chi connectivity index (χ0v) is 16.4. The molecule has 136 valence electrons. The first-order valence-electron chi connectivity index (χ1n) is 8.96. The van der Waals surface area contributed by atoms with Gasteiger partial charge in [0.05, 0.1) is 34.1 Å². The third kappa shape index (κ3) is 2.12. The van der Waals surface area contributed by atoms with Crippen molar-refractivity contribution in [3.8, 4) is 5.75 Å². The normalized spacial score (nSPS) is 12.8. The van der Waals surface area contributed by atoms with Crippen molar-refractivity contribution >= 4 is 49.7 Å². The third-order valence-electron chi connectivity index (χ3n) is 5.53. The van der Waals surface area contributed by atoms with E-state index < -0.39 is 5.82 Å². The van der Waals surface area contributed by atoms with Crippen LogP contribution in [-0.2, 0) is 5.41 Å². The fourth-order valence-electron chi connectivity index (χ4n) is 4.16. The predicted molar refractivity (Wildman–Crippen MR) is 111 cm³/mol. The molecular formula is C23H19ClFNO. The van der Waals surface area contributed by atoms with Crippen LogP contribution in [0.3, 0.4) is 0 Å². The molecule has 3 aromatic carbocycles. The van der Waals surface area contributed by atoms with Gasteiger partial charge in [0.1, 0.15) is 11.6 Å². The molecule has 2 aromatic heterocycles. The van der Waals surface area contributed by atoms with Gasteiger partial charge in [-0.25, -0.2) is 4.39 Å². The first-order chi connectivity index (χ1) is 12.8. The van der Waals surface area contributed by atoms with Crippen molar-refractivity contribution in [2.45, 2.75) is 26.2 Å². The predicted octanol–water partition coefficient (Wildman–Crippen LogP) is 6.94. The average molecular weight is 380 g/mol. The lowest BCUT2D eigenvalue weighted by atomic mass is 9.86. The molecule has 0 radical (unpaired) electrons. The molecule has 0 aliphatic carbocycles. The van der Waals surface area contributed by atoms with Crippen LogP contribution in [0.15, 0.2) is 42.5 Å². The van der Waals surface area contributed by atoms with Crippen LogP contribution < -0.4 is 4.74 Å². The van der Waals surface area contributed by atoms with Crippen LogP contribution >= 0.6 is 11.6 Å². The summed E-state index contributed by atoms with van der Waals surface area (Å²) in [5.41, 5.74) is 4.34. The van der Waals surface area contributed by atoms with Crippen LogP contribution in [0.25, 0.3) is 38.1 Å². The molecule has 2 heterocycles. The van der Waals surface area contributed by atoms with Gasteiger partial charge in [-0.1, -0.05) is 38.4 Å². The summed E-state index contributed by atoms with van der Waals surface area (Å²) in [5.74, 6) is 0.424. The van der Waals surface area contributed by atoms with Crippen LogP contribution in [0.1, 0.15) is 26.3 Å². The lowest BCUT2D eigenvalue weighted by Crippen LogP contribution is -2.10. The average Bonchev–Trinajstić information content (AvgIpc) is 3.12. The van der Waals surface area contributed by atoms with Crippen molar-refractivity contribution in [3.63, 3.8) is 0 Å². The fourth-order valence-corrected chi connectivity index (χ4v) is 4.32. The summed E-state index contributed by atoms with van der Waals surface area (Å²) in [6.45, 7) is 6.62. The summed E-state index contributed by atoms with van der Waals surface area (Å²) >= 11 is 6.12. The van der Waals surface area contributed by atoms with Crippen molar-refractivity contribution in [3.05, 3.63) is 58.9 Å². The van der Waals surface area contributed by atoms with Crippen molar-refractivity contribution in [1.29, 1.82) is 0 Å². The van der Waals surface area contributed by atoms with E-state index in [-0.39, 0.29) is 10.4 Å². The number of aromatic nitrogens is 1. The molecule has 0 aliphatic rings. The molecule has 0 saturated heterocycles. The van der Waals surface area contributed by atoms with E-state index in [9.17, 15) is 4.39 Å². The molecule has 5 aromatic rings. The second kappa shape index (κ2) is 5.26. The standard InChI is InChI=1S/C23H19ClFNO/c1-23(2,3)12-5-7-18-15(9-12)21-20(27-4)8-6-13-14-10-17(25)16(24)11-19(14)26(18)22(13)21/h5-11H,1-4H3. The van der Waals surface area contributed by atoms with Crippen molar-refractivity contribution in [1.82, 2.24) is 4.40 Å². The van der Waals surface area contributed by atoms with Gasteiger partial charge in [0.25, 0.3) is 0 Å². The highest BCUT2D eigenvalue weighted by atomic mass is 35.5. The van der Waals surface area contributed by atoms with Crippen molar-refractivity contribution in [2.24, 2.45) is 0 Å². The Bertz CT molecular complexity index is 1360. The highest BCUT2D eigenvalue weighted by Crippen LogP contribution is 2.44. The Labute approximate surface area is 161 Å². The van der Waals surface area contributed by atoms with E-state index in [0.29, 0.717) is 0 Å². The lowest BCUT2D eigenvalue weighted by Gasteiger charge is -2.19. The Morgan fingerprint density at radius 3 is 2.41 bits per heavy atom. The molecular weight excluding hydrogens is 361 g/mol. The minimum absolute atomic E-state index is 0.0436. The molecule has 2 nitrogen and oxygen atoms in total. The SMILES string of the molecule is COc1ccc2c3cc(F)c(Cl)cc3n3c4ccc(C(C)(C)C)cc4c1c23. The quantitative estimate of drug-likeness (QED) is 0.307. The number of hydrogen-bond donors (Lipinski definition) is 0. The Balaban J connectivity index is 2.09. The summed E-state index contributed by atoms with van der Waals surface area (Å²) in [7, 11) is 1.69. The second-order valence-corrected chi connectivity index (χ2v) is 8.55. The molecule has 0 aliphatic heterocycles. The van der Waals surface area contributed by atoms with Crippen LogP contribution in [0.4, 0.5) is 4.39 Å². The number of ether oxygens (including phenoxy) is 1. The van der Waals surface area contributed by atoms with E-state index in [4.69, 9.17) is 16.3 Å². The molecule has 0 spiro atoms. The maximum absolute atomic E-state index is 14.2. The van der Waals surface area contributed by atoms with Gasteiger partial charge in [-0.2, -0.15) is 0 Å². The highest BCUT2D eigenvalue weighted by Gasteiger charge is 2.23. The number of fused-ring (bicyclic) bond motifs is 6. The topological polar surface area (TPSA) is 13.6 Å². The Kier molecular flexibility index (Phi) is 3.24. The number of benzene rings is 3. The minimum Gasteiger partial charge on any atom is -0.496 e. The van der Waals surface area contributed by atoms with E-state index >= 15 is 0 Å². The highest BCUT2D eigenvalue weighted by molar-refractivity contribution is 6.32. The van der Waals surface area contributed by atoms with Gasteiger partial charge in [-0.3, -0.25) is 0 Å². The van der Waals surface area contributed by atoms with Gasteiger partial charge in [-0.05, 0) is 47.4 Å². The number of halogens is 2. The number of rotatable bonds is 1. The van der Waals surface area contributed by atoms with Gasteiger partial charge in [-0.15, -0.1) is 0 Å². The van der Waals surface area contributed by atoms with Gasteiger partial charge >= 0.3 is 0 Å². The number of methoxy groups -OCH3 is 1. The van der Waals surface area contributed by atoms with Crippen LogP contribution in [0.2, 0.25) is 5.02 Å². The van der Waals surface area contributed by atoms with Gasteiger partial charge in [0.15, 0.2) is 0 Å². The van der Waals surface area contributed by atoms with Crippen molar-refractivity contribution < 1.29 is 9.13 Å². The first kappa shape index (κ1) is 16.6. The molecule has 0 amide bonds. The van der Waals surface area contributed by atoms with E-state index in [1.807, 2.05) is 12.1 Å². The van der Waals surface area contributed by atoms with Gasteiger partial charge < -0.3 is 9.14 Å². The molecule has 27 heavy (non-hydrogen) atoms. The maximum Gasteiger partial charge on any atom is 0.142 e. The maximum atomic E-state index is 14.2. The summed E-state index contributed by atoms with van der Waals surface area (Å²) < 4.78 is 22.0. The molecule has 4 heteroatoms. The van der Waals surface area contributed by atoms with Crippen LogP contribution in [-0.4, -0.2) is 11.5 Å². The fraction of sp³-hybridized carbons (Fsp3) is 0.217. The molecule has 5 rings (SSSR count). The van der Waals surface area contributed by atoms with E-state index in [0.717, 1.165) is 43.8 Å². The van der Waals surface area contributed by atoms with E-state index in [2.05, 4.69) is 43.4 Å². The van der Waals surface area contributed by atoms with Crippen molar-refractivity contribution in [2.75, 3.05) is 7.11 Å². The van der Waals surface area contributed by atoms with Gasteiger partial charge in [0, 0.05) is 16.2 Å². The molecule has 0 saturated carbocycles. The molecule has 0 unspecified atom stereocenters. The van der Waals surface area contributed by atoms with Crippen LogP contribution in [0.5, 0.6) is 5.75 Å². The molecule has 0 atom stereocenters. The zero-order chi connectivity index (χ0) is 19.1. The molecule has 0 bridgehead atoms.